The molecule has 0 radical (unpaired) electrons. The molecule has 4 rings (SSSR count). The van der Waals surface area contributed by atoms with E-state index in [1.54, 1.807) is 14.2 Å². The highest BCUT2D eigenvalue weighted by atomic mass is 32.1. The molecule has 0 fully saturated rings. The molecule has 0 bridgehead atoms. The number of anilines is 1. The van der Waals surface area contributed by atoms with Gasteiger partial charge in [0.25, 0.3) is 0 Å². The maximum absolute atomic E-state index is 13.1. The first-order valence-electron chi connectivity index (χ1n) is 8.69. The number of amides is 2. The smallest absolute Gasteiger partial charge is 0.323 e. The van der Waals surface area contributed by atoms with Crippen molar-refractivity contribution in [2.45, 2.75) is 12.6 Å². The van der Waals surface area contributed by atoms with E-state index in [9.17, 15) is 4.79 Å². The first-order chi connectivity index (χ1) is 13.2. The molecule has 7 heteroatoms. The van der Waals surface area contributed by atoms with Crippen LogP contribution >= 0.6 is 11.3 Å². The van der Waals surface area contributed by atoms with Gasteiger partial charge in [0.2, 0.25) is 0 Å². The third kappa shape index (κ3) is 3.26. The Morgan fingerprint density at radius 1 is 1.15 bits per heavy atom. The number of benzene rings is 1. The largest absolute Gasteiger partial charge is 0.497 e. The van der Waals surface area contributed by atoms with Crippen molar-refractivity contribution >= 4 is 22.4 Å². The number of aromatic nitrogens is 1. The van der Waals surface area contributed by atoms with E-state index in [1.807, 2.05) is 58.9 Å². The van der Waals surface area contributed by atoms with Gasteiger partial charge in [-0.3, -0.25) is 5.32 Å². The molecule has 2 amide bonds. The zero-order valence-electron chi connectivity index (χ0n) is 15.2. The Hall–Kier alpha value is -2.93. The minimum absolute atomic E-state index is 0.125. The lowest BCUT2D eigenvalue weighted by Gasteiger charge is -2.37. The number of thiophene rings is 1. The average Bonchev–Trinajstić information content (AvgIpc) is 3.38. The minimum atomic E-state index is -0.265. The molecular formula is C20H21N3O3S. The summed E-state index contributed by atoms with van der Waals surface area (Å²) in [6.07, 6.45) is 2.05. The van der Waals surface area contributed by atoms with Crippen molar-refractivity contribution in [2.24, 2.45) is 0 Å². The molecule has 2 aromatic heterocycles. The summed E-state index contributed by atoms with van der Waals surface area (Å²) in [6, 6.07) is 13.2. The Balaban J connectivity index is 1.77. The zero-order valence-corrected chi connectivity index (χ0v) is 16.0. The second-order valence-electron chi connectivity index (χ2n) is 6.24. The first kappa shape index (κ1) is 17.5. The van der Waals surface area contributed by atoms with Crippen molar-refractivity contribution in [3.8, 4) is 11.5 Å². The van der Waals surface area contributed by atoms with Gasteiger partial charge in [0.05, 0.1) is 19.2 Å². The molecule has 0 unspecified atom stereocenters. The van der Waals surface area contributed by atoms with Gasteiger partial charge in [-0.2, -0.15) is 0 Å². The van der Waals surface area contributed by atoms with Gasteiger partial charge in [0.1, 0.15) is 17.5 Å². The summed E-state index contributed by atoms with van der Waals surface area (Å²) >= 11 is 1.50. The Labute approximate surface area is 161 Å². The van der Waals surface area contributed by atoms with Gasteiger partial charge in [-0.05, 0) is 47.8 Å². The van der Waals surface area contributed by atoms with Crippen LogP contribution in [-0.2, 0) is 6.54 Å². The number of ether oxygens (including phenoxy) is 2. The Bertz CT molecular complexity index is 936. The monoisotopic (exact) mass is 383 g/mol. The maximum atomic E-state index is 13.1. The normalized spacial score (nSPS) is 15.9. The molecule has 1 N–H and O–H groups in total. The topological polar surface area (TPSA) is 55.7 Å². The third-order valence-corrected chi connectivity index (χ3v) is 5.57. The van der Waals surface area contributed by atoms with Gasteiger partial charge in [0, 0.05) is 30.5 Å². The van der Waals surface area contributed by atoms with Crippen molar-refractivity contribution in [1.29, 1.82) is 0 Å². The highest BCUT2D eigenvalue weighted by Crippen LogP contribution is 2.39. The lowest BCUT2D eigenvalue weighted by molar-refractivity contribution is 0.180. The quantitative estimate of drug-likeness (QED) is 0.734. The van der Waals surface area contributed by atoms with Crippen LogP contribution in [0.4, 0.5) is 9.80 Å². The van der Waals surface area contributed by atoms with Crippen molar-refractivity contribution in [3.63, 3.8) is 0 Å². The highest BCUT2D eigenvalue weighted by molar-refractivity contribution is 7.14. The van der Waals surface area contributed by atoms with E-state index in [-0.39, 0.29) is 12.1 Å². The van der Waals surface area contributed by atoms with Crippen LogP contribution in [0.5, 0.6) is 11.5 Å². The number of hydrogen-bond acceptors (Lipinski definition) is 4. The molecule has 0 saturated carbocycles. The van der Waals surface area contributed by atoms with E-state index in [0.29, 0.717) is 6.54 Å². The highest BCUT2D eigenvalue weighted by Gasteiger charge is 2.34. The van der Waals surface area contributed by atoms with Crippen molar-refractivity contribution < 1.29 is 14.3 Å². The van der Waals surface area contributed by atoms with E-state index < -0.39 is 0 Å². The number of carbonyl (C=O) groups excluding carboxylic acids is 1. The number of rotatable bonds is 4. The molecule has 27 heavy (non-hydrogen) atoms. The van der Waals surface area contributed by atoms with E-state index in [0.717, 1.165) is 34.3 Å². The molecule has 1 aliphatic heterocycles. The zero-order chi connectivity index (χ0) is 18.8. The van der Waals surface area contributed by atoms with E-state index >= 15 is 0 Å². The van der Waals surface area contributed by atoms with Gasteiger partial charge in [-0.15, -0.1) is 11.3 Å². The molecule has 0 spiro atoms. The molecule has 3 heterocycles. The summed E-state index contributed by atoms with van der Waals surface area (Å²) < 4.78 is 13.2. The Morgan fingerprint density at radius 2 is 2.04 bits per heavy atom. The van der Waals surface area contributed by atoms with Crippen molar-refractivity contribution in [3.05, 3.63) is 65.3 Å². The summed E-state index contributed by atoms with van der Waals surface area (Å²) in [6.45, 7) is 1.35. The second kappa shape index (κ2) is 7.36. The Kier molecular flexibility index (Phi) is 4.77. The van der Waals surface area contributed by atoms with Crippen LogP contribution in [0.3, 0.4) is 0 Å². The number of nitrogens with zero attached hydrogens (tertiary/aromatic N) is 2. The minimum Gasteiger partial charge on any atom is -0.497 e. The van der Waals surface area contributed by atoms with Gasteiger partial charge in [0.15, 0.2) is 0 Å². The standard InChI is InChI=1S/C20H21N3O3S/c1-25-14-7-8-17(26-2)15(13-14)19-16-5-3-9-22(16)10-11-23(19)20(24)21-18-6-4-12-27-18/h3-9,12-13,19H,10-11H2,1-2H3,(H,21,24)/t19-/m1/s1. The number of carbonyl (C=O) groups is 1. The summed E-state index contributed by atoms with van der Waals surface area (Å²) in [4.78, 5) is 14.9. The van der Waals surface area contributed by atoms with E-state index in [4.69, 9.17) is 9.47 Å². The molecule has 0 saturated heterocycles. The molecule has 6 nitrogen and oxygen atoms in total. The first-order valence-corrected chi connectivity index (χ1v) is 9.57. The summed E-state index contributed by atoms with van der Waals surface area (Å²) in [5.41, 5.74) is 1.95. The van der Waals surface area contributed by atoms with Crippen LogP contribution in [0.1, 0.15) is 17.3 Å². The molecule has 3 aromatic rings. The van der Waals surface area contributed by atoms with Gasteiger partial charge < -0.3 is 18.9 Å². The van der Waals surface area contributed by atoms with E-state index in [2.05, 4.69) is 9.88 Å². The molecule has 1 aromatic carbocycles. The molecule has 1 atom stereocenters. The summed E-state index contributed by atoms with van der Waals surface area (Å²) in [7, 11) is 3.28. The predicted octanol–water partition coefficient (Wildman–Crippen LogP) is 4.20. The fourth-order valence-corrected chi connectivity index (χ4v) is 4.12. The number of hydrogen-bond donors (Lipinski definition) is 1. The second-order valence-corrected chi connectivity index (χ2v) is 7.19. The van der Waals surface area contributed by atoms with Crippen LogP contribution < -0.4 is 14.8 Å². The lowest BCUT2D eigenvalue weighted by Crippen LogP contribution is -2.44. The maximum Gasteiger partial charge on any atom is 0.323 e. The lowest BCUT2D eigenvalue weighted by atomic mass is 9.98. The number of methoxy groups -OCH3 is 2. The fourth-order valence-electron chi connectivity index (χ4n) is 3.51. The van der Waals surface area contributed by atoms with Crippen LogP contribution in [-0.4, -0.2) is 36.3 Å². The van der Waals surface area contributed by atoms with Gasteiger partial charge >= 0.3 is 6.03 Å². The predicted molar refractivity (Wildman–Crippen MR) is 106 cm³/mol. The average molecular weight is 383 g/mol. The van der Waals surface area contributed by atoms with Crippen LogP contribution in [0.15, 0.2) is 54.0 Å². The van der Waals surface area contributed by atoms with E-state index in [1.165, 1.54) is 11.3 Å². The number of fused-ring (bicyclic) bond motifs is 1. The van der Waals surface area contributed by atoms with Crippen LogP contribution in [0.25, 0.3) is 0 Å². The molecular weight excluding hydrogens is 362 g/mol. The Morgan fingerprint density at radius 3 is 2.78 bits per heavy atom. The van der Waals surface area contributed by atoms with Gasteiger partial charge in [-0.25, -0.2) is 4.79 Å². The number of nitrogens with one attached hydrogen (secondary N) is 1. The third-order valence-electron chi connectivity index (χ3n) is 4.78. The van der Waals surface area contributed by atoms with Crippen LogP contribution in [0, 0.1) is 0 Å². The number of urea groups is 1. The van der Waals surface area contributed by atoms with Gasteiger partial charge in [-0.1, -0.05) is 0 Å². The summed E-state index contributed by atoms with van der Waals surface area (Å²) in [5.74, 6) is 1.46. The van der Waals surface area contributed by atoms with Crippen molar-refractivity contribution in [1.82, 2.24) is 9.47 Å². The SMILES string of the molecule is COc1ccc(OC)c([C@@H]2c3cccn3CCN2C(=O)Nc2cccs2)c1. The summed E-state index contributed by atoms with van der Waals surface area (Å²) in [5, 5.41) is 5.78. The molecule has 140 valence electrons. The molecule has 0 aliphatic carbocycles. The molecule has 1 aliphatic rings. The van der Waals surface area contributed by atoms with Crippen LogP contribution in [0.2, 0.25) is 0 Å². The van der Waals surface area contributed by atoms with Crippen molar-refractivity contribution in [2.75, 3.05) is 26.1 Å². The fraction of sp³-hybridized carbons (Fsp3) is 0.250.